The maximum atomic E-state index is 14.3. The minimum absolute atomic E-state index is 0.0698. The lowest BCUT2D eigenvalue weighted by atomic mass is 9.38. The molecule has 5 aliphatic carbocycles. The van der Waals surface area contributed by atoms with Crippen molar-refractivity contribution in [2.24, 2.45) is 35.0 Å². The number of hydrogen-bond donors (Lipinski definition) is 3. The molecule has 7 nitrogen and oxygen atoms in total. The number of nitrogens with one attached hydrogen (secondary N) is 1. The number of ether oxygens (including phenoxy) is 3. The highest BCUT2D eigenvalue weighted by Crippen LogP contribution is 2.77. The van der Waals surface area contributed by atoms with Gasteiger partial charge in [-0.15, -0.1) is 0 Å². The molecule has 7 aliphatic rings. The van der Waals surface area contributed by atoms with E-state index in [2.05, 4.69) is 92.4 Å². The summed E-state index contributed by atoms with van der Waals surface area (Å²) in [5, 5.41) is 26.5. The standard InChI is InChI=1S/C43H59NO6/c1-22(2)15-18-48-37(3,4)29-20-24-13-16-40(9)41(10)23(14-17-42(40,47)43(24)36(49-43)34(29)46)19-27-31-26-21-28-32(39(7,8)50-38(28,5)6)33(45)25(26)11-12-30(31)44-35(27)41/h11-12,15,23-24,28-29,32,34,36,44,46-47H,13-14,16-21H2,1-10H3/t23-,24+,28+,29-,32?,34+,36+,40+,41+,42-,43-/m0/s1. The number of epoxide rings is 1. The van der Waals surface area contributed by atoms with Gasteiger partial charge < -0.3 is 29.4 Å². The Balaban J connectivity index is 1.09. The van der Waals surface area contributed by atoms with E-state index in [1.165, 1.54) is 27.8 Å². The van der Waals surface area contributed by atoms with Gasteiger partial charge >= 0.3 is 0 Å². The van der Waals surface area contributed by atoms with E-state index in [1.807, 2.05) is 0 Å². The normalized spacial score (nSPS) is 44.7. The molecule has 50 heavy (non-hydrogen) atoms. The van der Waals surface area contributed by atoms with Crippen molar-refractivity contribution in [1.29, 1.82) is 0 Å². The number of aliphatic hydroxyl groups excluding tert-OH is 1. The summed E-state index contributed by atoms with van der Waals surface area (Å²) < 4.78 is 19.7. The topological polar surface area (TPSA) is 104 Å². The lowest BCUT2D eigenvalue weighted by Gasteiger charge is -2.66. The number of aliphatic hydroxyl groups is 2. The van der Waals surface area contributed by atoms with E-state index in [9.17, 15) is 15.0 Å². The first-order valence-corrected chi connectivity index (χ1v) is 19.5. The molecule has 0 radical (unpaired) electrons. The summed E-state index contributed by atoms with van der Waals surface area (Å²) in [4.78, 5) is 18.2. The maximum Gasteiger partial charge on any atom is 0.169 e. The molecule has 9 rings (SSSR count). The summed E-state index contributed by atoms with van der Waals surface area (Å²) in [6.07, 6.45) is 7.02. The summed E-state index contributed by atoms with van der Waals surface area (Å²) in [6.45, 7) is 22.1. The van der Waals surface area contributed by atoms with Crippen LogP contribution in [0.2, 0.25) is 0 Å². The van der Waals surface area contributed by atoms with E-state index in [0.29, 0.717) is 18.9 Å². The number of rotatable bonds is 4. The molecule has 1 unspecified atom stereocenters. The van der Waals surface area contributed by atoms with Crippen LogP contribution in [0.3, 0.4) is 0 Å². The summed E-state index contributed by atoms with van der Waals surface area (Å²) in [6, 6.07) is 4.18. The number of allylic oxidation sites excluding steroid dienone is 1. The van der Waals surface area contributed by atoms with Crippen molar-refractivity contribution in [1.82, 2.24) is 4.98 Å². The molecule has 3 heterocycles. The Morgan fingerprint density at radius 1 is 1.02 bits per heavy atom. The highest BCUT2D eigenvalue weighted by atomic mass is 16.6. The van der Waals surface area contributed by atoms with Crippen LogP contribution >= 0.6 is 0 Å². The summed E-state index contributed by atoms with van der Waals surface area (Å²) >= 11 is 0. The molecule has 7 heteroatoms. The Hall–Kier alpha value is -2.03. The Kier molecular flexibility index (Phi) is 6.71. The Bertz CT molecular complexity index is 1850. The second kappa shape index (κ2) is 9.93. The number of aromatic amines is 1. The molecule has 1 aromatic heterocycles. The van der Waals surface area contributed by atoms with Gasteiger partial charge in [0.15, 0.2) is 5.78 Å². The first kappa shape index (κ1) is 33.8. The number of carbonyl (C=O) groups is 1. The van der Waals surface area contributed by atoms with Crippen LogP contribution in [0.25, 0.3) is 10.9 Å². The van der Waals surface area contributed by atoms with Gasteiger partial charge in [0.25, 0.3) is 0 Å². The maximum absolute atomic E-state index is 14.3. The van der Waals surface area contributed by atoms with E-state index in [-0.39, 0.29) is 40.5 Å². The van der Waals surface area contributed by atoms with Gasteiger partial charge in [0.05, 0.1) is 35.4 Å². The highest BCUT2D eigenvalue weighted by molar-refractivity contribution is 6.06. The van der Waals surface area contributed by atoms with Gasteiger partial charge in [-0.1, -0.05) is 25.5 Å². The van der Waals surface area contributed by atoms with Gasteiger partial charge in [0, 0.05) is 44.8 Å². The number of fused-ring (bicyclic) bond motifs is 10. The molecule has 3 N–H and O–H groups in total. The van der Waals surface area contributed by atoms with E-state index < -0.39 is 40.0 Å². The molecule has 2 saturated heterocycles. The van der Waals surface area contributed by atoms with Crippen LogP contribution in [0.5, 0.6) is 0 Å². The number of aromatic nitrogens is 1. The van der Waals surface area contributed by atoms with E-state index in [1.54, 1.807) is 0 Å². The van der Waals surface area contributed by atoms with Crippen LogP contribution < -0.4 is 0 Å². The van der Waals surface area contributed by atoms with Crippen molar-refractivity contribution in [3.05, 3.63) is 46.2 Å². The molecule has 2 aliphatic heterocycles. The summed E-state index contributed by atoms with van der Waals surface area (Å²) in [7, 11) is 0. The molecule has 5 fully saturated rings. The van der Waals surface area contributed by atoms with Crippen LogP contribution in [0.4, 0.5) is 0 Å². The molecular formula is C43H59NO6. The van der Waals surface area contributed by atoms with E-state index in [0.717, 1.165) is 49.6 Å². The van der Waals surface area contributed by atoms with Crippen molar-refractivity contribution >= 4 is 16.7 Å². The third-order valence-corrected chi connectivity index (χ3v) is 16.5. The molecular weight excluding hydrogens is 626 g/mol. The minimum Gasteiger partial charge on any atom is -0.390 e. The van der Waals surface area contributed by atoms with Crippen LogP contribution in [0, 0.1) is 35.0 Å². The lowest BCUT2D eigenvalue weighted by Crippen LogP contribution is -2.74. The first-order valence-electron chi connectivity index (χ1n) is 19.5. The molecule has 2 aromatic rings. The SMILES string of the molecule is CC(C)=CCOC(C)(C)[C@H]1C[C@H]2CC[C@@]3(C)[C@@](O)(CC[C@H]4Cc5c([nH]c6ccc7c(c56)C[C@@H]5C(C7=O)C(C)(C)OC5(C)C)[C@@]43C)[C@]23O[C@@H]3[C@@H]1O. The van der Waals surface area contributed by atoms with Gasteiger partial charge in [0.1, 0.15) is 17.3 Å². The highest BCUT2D eigenvalue weighted by Gasteiger charge is 2.85. The average molecular weight is 686 g/mol. The number of hydrogen-bond acceptors (Lipinski definition) is 6. The molecule has 0 amide bonds. The van der Waals surface area contributed by atoms with Crippen molar-refractivity contribution in [2.45, 2.75) is 160 Å². The van der Waals surface area contributed by atoms with E-state index >= 15 is 0 Å². The fourth-order valence-electron chi connectivity index (χ4n) is 13.8. The second-order valence-corrected chi connectivity index (χ2v) is 19.9. The van der Waals surface area contributed by atoms with Gasteiger partial charge in [-0.05, 0) is 135 Å². The molecule has 1 spiro atoms. The molecule has 11 atom stereocenters. The number of benzene rings is 1. The number of Topliss-reactive ketones (excluding diaryl/α,β-unsaturated/α-hetero) is 1. The third-order valence-electron chi connectivity index (χ3n) is 16.5. The number of carbonyl (C=O) groups excluding carboxylic acids is 1. The zero-order valence-corrected chi connectivity index (χ0v) is 32.0. The second-order valence-electron chi connectivity index (χ2n) is 19.9. The fraction of sp³-hybridized carbons (Fsp3) is 0.744. The molecule has 0 bridgehead atoms. The minimum atomic E-state index is -1.07. The molecule has 1 aromatic carbocycles. The summed E-state index contributed by atoms with van der Waals surface area (Å²) in [5.41, 5.74) is 2.98. The van der Waals surface area contributed by atoms with E-state index in [4.69, 9.17) is 14.2 Å². The zero-order chi connectivity index (χ0) is 35.8. The van der Waals surface area contributed by atoms with Gasteiger partial charge in [-0.3, -0.25) is 4.79 Å². The first-order chi connectivity index (χ1) is 23.3. The predicted octanol–water partition coefficient (Wildman–Crippen LogP) is 7.38. The van der Waals surface area contributed by atoms with Crippen molar-refractivity contribution < 1.29 is 29.2 Å². The Labute approximate surface area is 297 Å². The van der Waals surface area contributed by atoms with Crippen LogP contribution in [0.15, 0.2) is 23.8 Å². The van der Waals surface area contributed by atoms with Crippen LogP contribution in [-0.2, 0) is 32.5 Å². The number of ketones is 1. The monoisotopic (exact) mass is 685 g/mol. The molecule has 272 valence electrons. The predicted molar refractivity (Wildman–Crippen MR) is 193 cm³/mol. The quantitative estimate of drug-likeness (QED) is 0.229. The van der Waals surface area contributed by atoms with Crippen molar-refractivity contribution in [2.75, 3.05) is 6.61 Å². The smallest absolute Gasteiger partial charge is 0.169 e. The van der Waals surface area contributed by atoms with Gasteiger partial charge in [0.2, 0.25) is 0 Å². The van der Waals surface area contributed by atoms with Crippen molar-refractivity contribution in [3.63, 3.8) is 0 Å². The number of H-pyrrole nitrogens is 1. The Morgan fingerprint density at radius 2 is 1.74 bits per heavy atom. The average Bonchev–Trinajstić information content (AvgIpc) is 3.52. The lowest BCUT2D eigenvalue weighted by molar-refractivity contribution is -0.243. The fourth-order valence-corrected chi connectivity index (χ4v) is 13.8. The largest absolute Gasteiger partial charge is 0.390 e. The van der Waals surface area contributed by atoms with Crippen LogP contribution in [0.1, 0.15) is 129 Å². The summed E-state index contributed by atoms with van der Waals surface area (Å²) in [5.74, 6) is 0.671. The van der Waals surface area contributed by atoms with Crippen LogP contribution in [-0.4, -0.2) is 67.8 Å². The van der Waals surface area contributed by atoms with Gasteiger partial charge in [-0.25, -0.2) is 0 Å². The van der Waals surface area contributed by atoms with Gasteiger partial charge in [-0.2, -0.15) is 0 Å². The zero-order valence-electron chi connectivity index (χ0n) is 32.0. The third kappa shape index (κ3) is 3.82. The Morgan fingerprint density at radius 3 is 2.46 bits per heavy atom. The van der Waals surface area contributed by atoms with Crippen molar-refractivity contribution in [3.8, 4) is 0 Å². The molecule has 3 saturated carbocycles.